The predicted octanol–water partition coefficient (Wildman–Crippen LogP) is 6.59. The molecule has 0 saturated carbocycles. The number of imidazole rings is 1. The summed E-state index contributed by atoms with van der Waals surface area (Å²) in [5.74, 6) is 1.90. The number of aromatic nitrogens is 2. The third kappa shape index (κ3) is 4.92. The number of anilines is 1. The van der Waals surface area contributed by atoms with E-state index in [4.69, 9.17) is 21.3 Å². The average Bonchev–Trinajstić information content (AvgIpc) is 3.40. The first-order valence-electron chi connectivity index (χ1n) is 12.0. The van der Waals surface area contributed by atoms with Crippen LogP contribution >= 0.6 is 11.6 Å². The van der Waals surface area contributed by atoms with Crippen molar-refractivity contribution in [2.45, 2.75) is 45.1 Å². The van der Waals surface area contributed by atoms with Crippen molar-refractivity contribution >= 4 is 34.2 Å². The maximum atomic E-state index is 12.9. The highest BCUT2D eigenvalue weighted by molar-refractivity contribution is 6.30. The van der Waals surface area contributed by atoms with Gasteiger partial charge in [0.15, 0.2) is 0 Å². The molecule has 1 saturated heterocycles. The van der Waals surface area contributed by atoms with Gasteiger partial charge in [0.25, 0.3) is 0 Å². The van der Waals surface area contributed by atoms with Crippen LogP contribution in [0.25, 0.3) is 11.0 Å². The van der Waals surface area contributed by atoms with Gasteiger partial charge < -0.3 is 14.2 Å². The van der Waals surface area contributed by atoms with E-state index in [1.165, 1.54) is 5.56 Å². The van der Waals surface area contributed by atoms with E-state index in [-0.39, 0.29) is 17.2 Å². The number of hydrogen-bond donors (Lipinski definition) is 0. The Labute approximate surface area is 211 Å². The van der Waals surface area contributed by atoms with Crippen molar-refractivity contribution in [3.8, 4) is 5.75 Å². The van der Waals surface area contributed by atoms with Crippen molar-refractivity contribution in [3.05, 3.63) is 89.2 Å². The zero-order valence-electron chi connectivity index (χ0n) is 20.4. The van der Waals surface area contributed by atoms with Gasteiger partial charge in [-0.2, -0.15) is 0 Å². The fourth-order valence-electron chi connectivity index (χ4n) is 4.70. The minimum atomic E-state index is 0.0108. The van der Waals surface area contributed by atoms with E-state index < -0.39 is 0 Å². The van der Waals surface area contributed by atoms with Crippen molar-refractivity contribution < 1.29 is 9.53 Å². The van der Waals surface area contributed by atoms with Gasteiger partial charge in [-0.3, -0.25) is 4.79 Å². The summed E-state index contributed by atoms with van der Waals surface area (Å²) < 4.78 is 8.31. The Balaban J connectivity index is 1.35. The minimum absolute atomic E-state index is 0.0108. The summed E-state index contributed by atoms with van der Waals surface area (Å²) in [6.07, 6.45) is 0.432. The second-order valence-corrected chi connectivity index (χ2v) is 10.6. The molecule has 0 bridgehead atoms. The summed E-state index contributed by atoms with van der Waals surface area (Å²) >= 11 is 6.04. The van der Waals surface area contributed by atoms with Crippen LogP contribution in [0.4, 0.5) is 5.69 Å². The van der Waals surface area contributed by atoms with Gasteiger partial charge >= 0.3 is 0 Å². The lowest BCUT2D eigenvalue weighted by Gasteiger charge is -2.19. The summed E-state index contributed by atoms with van der Waals surface area (Å²) in [7, 11) is 0. The lowest BCUT2D eigenvalue weighted by Crippen LogP contribution is -2.24. The highest BCUT2D eigenvalue weighted by Crippen LogP contribution is 2.33. The third-order valence-corrected chi connectivity index (χ3v) is 6.87. The van der Waals surface area contributed by atoms with Crippen LogP contribution in [-0.2, 0) is 16.8 Å². The molecule has 2 heterocycles. The normalized spacial score (nSPS) is 16.3. The summed E-state index contributed by atoms with van der Waals surface area (Å²) in [5.41, 5.74) is 4.26. The monoisotopic (exact) mass is 487 g/mol. The van der Waals surface area contributed by atoms with Crippen molar-refractivity contribution in [1.29, 1.82) is 0 Å². The number of nitrogens with zero attached hydrogens (tertiary/aromatic N) is 3. The van der Waals surface area contributed by atoms with Gasteiger partial charge in [0.1, 0.15) is 18.2 Å². The number of benzene rings is 3. The van der Waals surface area contributed by atoms with Crippen LogP contribution in [0.2, 0.25) is 5.02 Å². The molecule has 0 spiro atoms. The molecule has 35 heavy (non-hydrogen) atoms. The summed E-state index contributed by atoms with van der Waals surface area (Å²) in [4.78, 5) is 19.7. The number of amides is 1. The number of hydrogen-bond acceptors (Lipinski definition) is 3. The molecule has 1 aliphatic heterocycles. The van der Waals surface area contributed by atoms with Gasteiger partial charge in [0, 0.05) is 29.6 Å². The first-order valence-corrected chi connectivity index (χ1v) is 12.4. The van der Waals surface area contributed by atoms with E-state index in [2.05, 4.69) is 43.5 Å². The fraction of sp³-hybridized carbons (Fsp3) is 0.310. The Morgan fingerprint density at radius 3 is 2.43 bits per heavy atom. The molecule has 180 valence electrons. The maximum Gasteiger partial charge on any atom is 0.227 e. The first-order chi connectivity index (χ1) is 16.8. The highest BCUT2D eigenvalue weighted by atomic mass is 35.5. The molecule has 1 atom stereocenters. The van der Waals surface area contributed by atoms with Crippen molar-refractivity contribution in [1.82, 2.24) is 9.55 Å². The predicted molar refractivity (Wildman–Crippen MR) is 142 cm³/mol. The molecule has 4 aromatic rings. The number of carbonyl (C=O) groups is 1. The Bertz CT molecular complexity index is 1340. The molecule has 0 aliphatic carbocycles. The van der Waals surface area contributed by atoms with E-state index in [1.807, 2.05) is 59.5 Å². The van der Waals surface area contributed by atoms with Gasteiger partial charge in [-0.15, -0.1) is 0 Å². The molecule has 6 heteroatoms. The number of halogens is 1. The largest absolute Gasteiger partial charge is 0.492 e. The zero-order chi connectivity index (χ0) is 24.6. The van der Waals surface area contributed by atoms with Gasteiger partial charge in [-0.25, -0.2) is 4.98 Å². The SMILES string of the molecule is CC(C)(C)c1ccc(OCCn2c(C3CC(=O)N(c4ccc(Cl)cc4)C3)nc3ccccc32)cc1. The lowest BCUT2D eigenvalue weighted by atomic mass is 9.87. The topological polar surface area (TPSA) is 47.4 Å². The molecule has 3 aromatic carbocycles. The molecule has 1 unspecified atom stereocenters. The van der Waals surface area contributed by atoms with Gasteiger partial charge in [-0.1, -0.05) is 56.6 Å². The molecule has 5 rings (SSSR count). The van der Waals surface area contributed by atoms with Crippen LogP contribution in [0.5, 0.6) is 5.75 Å². The third-order valence-electron chi connectivity index (χ3n) is 6.62. The van der Waals surface area contributed by atoms with E-state index in [1.54, 1.807) is 0 Å². The molecule has 0 radical (unpaired) electrons. The van der Waals surface area contributed by atoms with E-state index in [9.17, 15) is 4.79 Å². The molecular weight excluding hydrogens is 458 g/mol. The zero-order valence-corrected chi connectivity index (χ0v) is 21.1. The van der Waals surface area contributed by atoms with E-state index in [0.717, 1.165) is 28.3 Å². The number of fused-ring (bicyclic) bond motifs is 1. The van der Waals surface area contributed by atoms with E-state index >= 15 is 0 Å². The molecule has 1 aromatic heterocycles. The average molecular weight is 488 g/mol. The molecular formula is C29H30ClN3O2. The molecule has 0 N–H and O–H groups in total. The number of carbonyl (C=O) groups excluding carboxylic acids is 1. The molecule has 1 aliphatic rings. The van der Waals surface area contributed by atoms with Gasteiger partial charge in [0.05, 0.1) is 17.6 Å². The minimum Gasteiger partial charge on any atom is -0.492 e. The van der Waals surface area contributed by atoms with E-state index in [0.29, 0.717) is 31.1 Å². The van der Waals surface area contributed by atoms with Crippen molar-refractivity contribution in [2.75, 3.05) is 18.1 Å². The second-order valence-electron chi connectivity index (χ2n) is 10.1. The quantitative estimate of drug-likeness (QED) is 0.308. The Hall–Kier alpha value is -3.31. The van der Waals surface area contributed by atoms with Crippen LogP contribution in [-0.4, -0.2) is 28.6 Å². The molecule has 5 nitrogen and oxygen atoms in total. The first kappa shape index (κ1) is 23.4. The molecule has 1 fully saturated rings. The summed E-state index contributed by atoms with van der Waals surface area (Å²) in [5, 5.41) is 0.659. The standard InChI is InChI=1S/C29H30ClN3O2/c1-29(2,3)21-8-14-24(15-9-21)35-17-16-32-26-7-5-4-6-25(26)31-28(32)20-18-27(34)33(19-20)23-12-10-22(30)11-13-23/h4-15,20H,16-19H2,1-3H3. The number of rotatable bonds is 6. The highest BCUT2D eigenvalue weighted by Gasteiger charge is 2.34. The smallest absolute Gasteiger partial charge is 0.227 e. The van der Waals surface area contributed by atoms with Crippen LogP contribution < -0.4 is 9.64 Å². The second kappa shape index (κ2) is 9.38. The summed E-state index contributed by atoms with van der Waals surface area (Å²) in [6.45, 7) is 8.38. The van der Waals surface area contributed by atoms with Gasteiger partial charge in [0.2, 0.25) is 5.91 Å². The van der Waals surface area contributed by atoms with Crippen LogP contribution in [0.15, 0.2) is 72.8 Å². The molecule has 1 amide bonds. The number of para-hydroxylation sites is 2. The van der Waals surface area contributed by atoms with Crippen molar-refractivity contribution in [2.24, 2.45) is 0 Å². The van der Waals surface area contributed by atoms with Crippen LogP contribution in [0, 0.1) is 0 Å². The Kier molecular flexibility index (Phi) is 6.28. The fourth-order valence-corrected chi connectivity index (χ4v) is 4.82. The van der Waals surface area contributed by atoms with Crippen LogP contribution in [0.1, 0.15) is 44.5 Å². The Morgan fingerprint density at radius 2 is 1.71 bits per heavy atom. The lowest BCUT2D eigenvalue weighted by molar-refractivity contribution is -0.117. The van der Waals surface area contributed by atoms with Crippen molar-refractivity contribution in [3.63, 3.8) is 0 Å². The Morgan fingerprint density at radius 1 is 1.00 bits per heavy atom. The van der Waals surface area contributed by atoms with Gasteiger partial charge in [-0.05, 0) is 59.5 Å². The van der Waals surface area contributed by atoms with Crippen LogP contribution in [0.3, 0.4) is 0 Å². The number of ether oxygens (including phenoxy) is 1. The summed E-state index contributed by atoms with van der Waals surface area (Å²) in [6, 6.07) is 23.9. The maximum absolute atomic E-state index is 12.9.